The van der Waals surface area contributed by atoms with Gasteiger partial charge >= 0.3 is 0 Å². The summed E-state index contributed by atoms with van der Waals surface area (Å²) in [5, 5.41) is 3.50. The molecule has 0 aliphatic heterocycles. The zero-order valence-corrected chi connectivity index (χ0v) is 12.0. The molecule has 2 rings (SSSR count). The van der Waals surface area contributed by atoms with Crippen LogP contribution in [0.4, 0.5) is 4.39 Å². The minimum Gasteiger partial charge on any atom is -0.352 e. The highest BCUT2D eigenvalue weighted by Gasteiger charge is 2.10. The normalized spacial score (nSPS) is 10.3. The number of hydrogen-bond acceptors (Lipinski definition) is 1. The van der Waals surface area contributed by atoms with Gasteiger partial charge in [0.2, 0.25) is 0 Å². The summed E-state index contributed by atoms with van der Waals surface area (Å²) in [4.78, 5) is 11.9. The Morgan fingerprint density at radius 2 is 1.95 bits per heavy atom. The van der Waals surface area contributed by atoms with Crippen molar-refractivity contribution in [3.8, 4) is 0 Å². The van der Waals surface area contributed by atoms with Gasteiger partial charge in [0.1, 0.15) is 5.82 Å². The van der Waals surface area contributed by atoms with Crippen molar-refractivity contribution in [1.82, 2.24) is 5.32 Å². The van der Waals surface area contributed by atoms with Crippen LogP contribution < -0.4 is 5.32 Å². The van der Waals surface area contributed by atoms with Crippen molar-refractivity contribution in [2.75, 3.05) is 6.54 Å². The molecule has 0 atom stereocenters. The van der Waals surface area contributed by atoms with E-state index in [2.05, 4.69) is 5.32 Å². The standard InChI is InChI=1S/C15H12Cl2FNO/c16-11-3-1-2-10(8-11)6-7-19-15(20)13-5-4-12(18)9-14(13)17/h1-5,8-9H,6-7H2,(H,19,20). The first-order valence-corrected chi connectivity index (χ1v) is 6.79. The fourth-order valence-corrected chi connectivity index (χ4v) is 2.25. The molecule has 1 N–H and O–H groups in total. The molecule has 0 unspecified atom stereocenters. The van der Waals surface area contributed by atoms with E-state index in [0.717, 1.165) is 11.6 Å². The minimum atomic E-state index is -0.467. The van der Waals surface area contributed by atoms with E-state index in [9.17, 15) is 9.18 Å². The zero-order valence-electron chi connectivity index (χ0n) is 10.5. The lowest BCUT2D eigenvalue weighted by molar-refractivity contribution is 0.0954. The molecule has 20 heavy (non-hydrogen) atoms. The van der Waals surface area contributed by atoms with Crippen molar-refractivity contribution >= 4 is 29.1 Å². The van der Waals surface area contributed by atoms with Crippen molar-refractivity contribution in [3.63, 3.8) is 0 Å². The maximum absolute atomic E-state index is 12.9. The van der Waals surface area contributed by atoms with E-state index in [1.165, 1.54) is 12.1 Å². The van der Waals surface area contributed by atoms with Crippen LogP contribution in [0.2, 0.25) is 10.0 Å². The third-order valence-electron chi connectivity index (χ3n) is 2.76. The third-order valence-corrected chi connectivity index (χ3v) is 3.31. The van der Waals surface area contributed by atoms with E-state index in [4.69, 9.17) is 23.2 Å². The number of rotatable bonds is 4. The van der Waals surface area contributed by atoms with Crippen LogP contribution in [0, 0.1) is 5.82 Å². The van der Waals surface area contributed by atoms with E-state index in [-0.39, 0.29) is 16.5 Å². The zero-order chi connectivity index (χ0) is 14.5. The van der Waals surface area contributed by atoms with Gasteiger partial charge in [-0.3, -0.25) is 4.79 Å². The molecule has 0 aliphatic carbocycles. The summed E-state index contributed by atoms with van der Waals surface area (Å²) < 4.78 is 12.9. The predicted molar refractivity (Wildman–Crippen MR) is 78.9 cm³/mol. The fraction of sp³-hybridized carbons (Fsp3) is 0.133. The summed E-state index contributed by atoms with van der Waals surface area (Å²) in [5.41, 5.74) is 1.29. The molecule has 0 bridgehead atoms. The molecule has 2 aromatic carbocycles. The number of hydrogen-bond donors (Lipinski definition) is 1. The quantitative estimate of drug-likeness (QED) is 0.904. The van der Waals surface area contributed by atoms with Crippen LogP contribution in [0.15, 0.2) is 42.5 Å². The van der Waals surface area contributed by atoms with Crippen molar-refractivity contribution in [3.05, 3.63) is 69.5 Å². The van der Waals surface area contributed by atoms with E-state index < -0.39 is 5.82 Å². The van der Waals surface area contributed by atoms with Crippen LogP contribution in [0.1, 0.15) is 15.9 Å². The van der Waals surface area contributed by atoms with Crippen LogP contribution in [0.25, 0.3) is 0 Å². The lowest BCUT2D eigenvalue weighted by Gasteiger charge is -2.07. The molecular formula is C15H12Cl2FNO. The summed E-state index contributed by atoms with van der Waals surface area (Å²) in [6, 6.07) is 11.1. The topological polar surface area (TPSA) is 29.1 Å². The number of amides is 1. The number of carbonyl (C=O) groups excluding carboxylic acids is 1. The first-order chi connectivity index (χ1) is 9.56. The number of carbonyl (C=O) groups is 1. The monoisotopic (exact) mass is 311 g/mol. The Morgan fingerprint density at radius 3 is 2.65 bits per heavy atom. The third kappa shape index (κ3) is 3.95. The first-order valence-electron chi connectivity index (χ1n) is 6.04. The second-order valence-corrected chi connectivity index (χ2v) is 5.10. The van der Waals surface area contributed by atoms with Gasteiger partial charge in [-0.05, 0) is 42.3 Å². The lowest BCUT2D eigenvalue weighted by atomic mass is 10.1. The van der Waals surface area contributed by atoms with Gasteiger partial charge in [0.05, 0.1) is 10.6 Å². The van der Waals surface area contributed by atoms with Crippen molar-refractivity contribution in [1.29, 1.82) is 0 Å². The van der Waals surface area contributed by atoms with E-state index in [1.54, 1.807) is 6.07 Å². The largest absolute Gasteiger partial charge is 0.352 e. The summed E-state index contributed by atoms with van der Waals surface area (Å²) >= 11 is 11.7. The summed E-state index contributed by atoms with van der Waals surface area (Å²) in [6.45, 7) is 0.451. The van der Waals surface area contributed by atoms with E-state index in [1.807, 2.05) is 18.2 Å². The molecular weight excluding hydrogens is 300 g/mol. The van der Waals surface area contributed by atoms with Gasteiger partial charge in [-0.15, -0.1) is 0 Å². The second-order valence-electron chi connectivity index (χ2n) is 4.26. The van der Waals surface area contributed by atoms with Crippen LogP contribution in [-0.2, 0) is 6.42 Å². The Hall–Kier alpha value is -1.58. The summed E-state index contributed by atoms with van der Waals surface area (Å²) in [6.07, 6.45) is 0.658. The van der Waals surface area contributed by atoms with Crippen molar-refractivity contribution < 1.29 is 9.18 Å². The Bertz CT molecular complexity index is 631. The maximum atomic E-state index is 12.9. The minimum absolute atomic E-state index is 0.102. The van der Waals surface area contributed by atoms with Gasteiger partial charge in [0, 0.05) is 11.6 Å². The number of halogens is 3. The molecule has 2 aromatic rings. The highest BCUT2D eigenvalue weighted by molar-refractivity contribution is 6.33. The Labute approximate surface area is 126 Å². The summed E-state index contributed by atoms with van der Waals surface area (Å²) in [5.74, 6) is -0.789. The van der Waals surface area contributed by atoms with Crippen molar-refractivity contribution in [2.45, 2.75) is 6.42 Å². The summed E-state index contributed by atoms with van der Waals surface area (Å²) in [7, 11) is 0. The molecule has 0 aliphatic rings. The van der Waals surface area contributed by atoms with Gasteiger partial charge in [0.25, 0.3) is 5.91 Å². The molecule has 0 radical (unpaired) electrons. The van der Waals surface area contributed by atoms with Crippen LogP contribution >= 0.6 is 23.2 Å². The smallest absolute Gasteiger partial charge is 0.252 e. The fourth-order valence-electron chi connectivity index (χ4n) is 1.78. The molecule has 104 valence electrons. The molecule has 0 saturated carbocycles. The highest BCUT2D eigenvalue weighted by atomic mass is 35.5. The molecule has 0 spiro atoms. The van der Waals surface area contributed by atoms with Gasteiger partial charge < -0.3 is 5.32 Å². The lowest BCUT2D eigenvalue weighted by Crippen LogP contribution is -2.26. The molecule has 0 fully saturated rings. The average Bonchev–Trinajstić information content (AvgIpc) is 2.38. The molecule has 0 heterocycles. The predicted octanol–water partition coefficient (Wildman–Crippen LogP) is 4.11. The van der Waals surface area contributed by atoms with Gasteiger partial charge in [0.15, 0.2) is 0 Å². The Kier molecular flexibility index (Phi) is 4.99. The Morgan fingerprint density at radius 1 is 1.15 bits per heavy atom. The van der Waals surface area contributed by atoms with Crippen molar-refractivity contribution in [2.24, 2.45) is 0 Å². The number of nitrogens with one attached hydrogen (secondary N) is 1. The molecule has 2 nitrogen and oxygen atoms in total. The van der Waals surface area contributed by atoms with E-state index >= 15 is 0 Å². The second kappa shape index (κ2) is 6.73. The Balaban J connectivity index is 1.92. The molecule has 0 saturated heterocycles. The SMILES string of the molecule is O=C(NCCc1cccc(Cl)c1)c1ccc(F)cc1Cl. The maximum Gasteiger partial charge on any atom is 0.252 e. The van der Waals surface area contributed by atoms with Crippen LogP contribution in [0.5, 0.6) is 0 Å². The van der Waals surface area contributed by atoms with Gasteiger partial charge in [-0.25, -0.2) is 4.39 Å². The van der Waals surface area contributed by atoms with Crippen LogP contribution in [0.3, 0.4) is 0 Å². The van der Waals surface area contributed by atoms with Gasteiger partial charge in [-0.2, -0.15) is 0 Å². The van der Waals surface area contributed by atoms with Crippen LogP contribution in [-0.4, -0.2) is 12.5 Å². The molecule has 5 heteroatoms. The average molecular weight is 312 g/mol. The van der Waals surface area contributed by atoms with Gasteiger partial charge in [-0.1, -0.05) is 35.3 Å². The molecule has 1 amide bonds. The van der Waals surface area contributed by atoms with E-state index in [0.29, 0.717) is 18.0 Å². The first kappa shape index (κ1) is 14.8. The molecule has 0 aromatic heterocycles. The number of benzene rings is 2. The highest BCUT2D eigenvalue weighted by Crippen LogP contribution is 2.17.